The SMILES string of the molecule is CCCc1nc(C)sc1C(=O)NC1CCN(C(=O)c2cc3ccccc3[nH]2)CC1. The summed E-state index contributed by atoms with van der Waals surface area (Å²) in [5.41, 5.74) is 2.50. The van der Waals surface area contributed by atoms with E-state index in [4.69, 9.17) is 0 Å². The molecule has 152 valence electrons. The number of aryl methyl sites for hydroxylation is 2. The molecule has 0 spiro atoms. The number of nitrogens with zero attached hydrogens (tertiary/aromatic N) is 2. The van der Waals surface area contributed by atoms with E-state index in [0.29, 0.717) is 18.8 Å². The lowest BCUT2D eigenvalue weighted by atomic mass is 10.0. The van der Waals surface area contributed by atoms with Gasteiger partial charge in [0, 0.05) is 30.0 Å². The van der Waals surface area contributed by atoms with Crippen LogP contribution < -0.4 is 5.32 Å². The van der Waals surface area contributed by atoms with Gasteiger partial charge in [-0.3, -0.25) is 9.59 Å². The van der Waals surface area contributed by atoms with Crippen molar-refractivity contribution in [3.05, 3.63) is 51.6 Å². The number of hydrogen-bond acceptors (Lipinski definition) is 4. The van der Waals surface area contributed by atoms with Crippen LogP contribution in [0.1, 0.15) is 57.0 Å². The van der Waals surface area contributed by atoms with Crippen molar-refractivity contribution in [3.8, 4) is 0 Å². The first-order chi connectivity index (χ1) is 14.0. The van der Waals surface area contributed by atoms with E-state index in [-0.39, 0.29) is 17.9 Å². The number of carbonyl (C=O) groups excluding carboxylic acids is 2. The molecule has 0 radical (unpaired) electrons. The largest absolute Gasteiger partial charge is 0.351 e. The Balaban J connectivity index is 1.35. The molecule has 7 heteroatoms. The number of aromatic nitrogens is 2. The molecule has 2 aromatic heterocycles. The molecular formula is C22H26N4O2S. The number of rotatable bonds is 5. The number of piperidine rings is 1. The minimum absolute atomic E-state index is 0.0225. The molecule has 0 saturated carbocycles. The molecule has 2 N–H and O–H groups in total. The molecule has 0 bridgehead atoms. The number of thiazole rings is 1. The molecule has 2 amide bonds. The van der Waals surface area contributed by atoms with Gasteiger partial charge in [-0.15, -0.1) is 11.3 Å². The Labute approximate surface area is 174 Å². The Kier molecular flexibility index (Phi) is 5.67. The van der Waals surface area contributed by atoms with Crippen molar-refractivity contribution in [1.29, 1.82) is 0 Å². The first-order valence-corrected chi connectivity index (χ1v) is 11.0. The summed E-state index contributed by atoms with van der Waals surface area (Å²) < 4.78 is 0. The van der Waals surface area contributed by atoms with Gasteiger partial charge in [-0.05, 0) is 38.3 Å². The fourth-order valence-electron chi connectivity index (χ4n) is 3.89. The molecular weight excluding hydrogens is 384 g/mol. The highest BCUT2D eigenvalue weighted by atomic mass is 32.1. The summed E-state index contributed by atoms with van der Waals surface area (Å²) >= 11 is 1.46. The van der Waals surface area contributed by atoms with Crippen LogP contribution in [-0.2, 0) is 6.42 Å². The van der Waals surface area contributed by atoms with Gasteiger partial charge in [-0.25, -0.2) is 4.98 Å². The topological polar surface area (TPSA) is 78.1 Å². The Morgan fingerprint density at radius 1 is 1.28 bits per heavy atom. The first-order valence-electron chi connectivity index (χ1n) is 10.2. The van der Waals surface area contributed by atoms with Crippen molar-refractivity contribution in [2.24, 2.45) is 0 Å². The zero-order valence-electron chi connectivity index (χ0n) is 16.8. The standard InChI is InChI=1S/C22H26N4O2S/c1-3-6-18-20(29-14(2)23-18)21(27)24-16-9-11-26(12-10-16)22(28)19-13-15-7-4-5-8-17(15)25-19/h4-5,7-8,13,16,25H,3,6,9-12H2,1-2H3,(H,24,27). The monoisotopic (exact) mass is 410 g/mol. The minimum atomic E-state index is -0.0283. The third-order valence-electron chi connectivity index (χ3n) is 5.38. The second-order valence-electron chi connectivity index (χ2n) is 7.57. The van der Waals surface area contributed by atoms with Crippen LogP contribution in [0.3, 0.4) is 0 Å². The van der Waals surface area contributed by atoms with Crippen LogP contribution >= 0.6 is 11.3 Å². The van der Waals surface area contributed by atoms with Crippen LogP contribution in [-0.4, -0.2) is 45.8 Å². The number of fused-ring (bicyclic) bond motifs is 1. The average molecular weight is 411 g/mol. The smallest absolute Gasteiger partial charge is 0.270 e. The predicted molar refractivity (Wildman–Crippen MR) is 116 cm³/mol. The summed E-state index contributed by atoms with van der Waals surface area (Å²) in [5, 5.41) is 5.12. The van der Waals surface area contributed by atoms with Gasteiger partial charge in [0.1, 0.15) is 10.6 Å². The number of hydrogen-bond donors (Lipinski definition) is 2. The molecule has 4 rings (SSSR count). The van der Waals surface area contributed by atoms with Gasteiger partial charge in [0.2, 0.25) is 0 Å². The maximum atomic E-state index is 12.8. The summed E-state index contributed by atoms with van der Waals surface area (Å²) in [5.74, 6) is -0.00580. The molecule has 1 fully saturated rings. The lowest BCUT2D eigenvalue weighted by Crippen LogP contribution is -2.46. The normalized spacial score (nSPS) is 15.0. The van der Waals surface area contributed by atoms with Crippen molar-refractivity contribution in [3.63, 3.8) is 0 Å². The molecule has 1 aliphatic rings. The first kappa shape index (κ1) is 19.6. The zero-order valence-corrected chi connectivity index (χ0v) is 17.6. The Morgan fingerprint density at radius 3 is 2.76 bits per heavy atom. The Hall–Kier alpha value is -2.67. The van der Waals surface area contributed by atoms with E-state index in [1.807, 2.05) is 42.2 Å². The molecule has 0 unspecified atom stereocenters. The van der Waals surface area contributed by atoms with Gasteiger partial charge in [-0.1, -0.05) is 31.5 Å². The maximum Gasteiger partial charge on any atom is 0.270 e. The van der Waals surface area contributed by atoms with Crippen molar-refractivity contribution in [2.75, 3.05) is 13.1 Å². The number of para-hydroxylation sites is 1. The summed E-state index contributed by atoms with van der Waals surface area (Å²) in [4.78, 5) is 35.9. The fourth-order valence-corrected chi connectivity index (χ4v) is 4.76. The number of H-pyrrole nitrogens is 1. The van der Waals surface area contributed by atoms with Crippen molar-refractivity contribution in [1.82, 2.24) is 20.2 Å². The summed E-state index contributed by atoms with van der Waals surface area (Å²) in [6, 6.07) is 9.89. The number of amides is 2. The summed E-state index contributed by atoms with van der Waals surface area (Å²) in [7, 11) is 0. The lowest BCUT2D eigenvalue weighted by molar-refractivity contribution is 0.0693. The number of aromatic amines is 1. The maximum absolute atomic E-state index is 12.8. The van der Waals surface area contributed by atoms with Crippen LogP contribution in [0, 0.1) is 6.92 Å². The quantitative estimate of drug-likeness (QED) is 0.669. The molecule has 3 heterocycles. The van der Waals surface area contributed by atoms with Gasteiger partial charge >= 0.3 is 0 Å². The Morgan fingerprint density at radius 2 is 2.03 bits per heavy atom. The molecule has 0 atom stereocenters. The molecule has 1 saturated heterocycles. The van der Waals surface area contributed by atoms with Crippen molar-refractivity contribution >= 4 is 34.1 Å². The van der Waals surface area contributed by atoms with E-state index in [1.165, 1.54) is 11.3 Å². The average Bonchev–Trinajstić information content (AvgIpc) is 3.31. The van der Waals surface area contributed by atoms with E-state index in [9.17, 15) is 9.59 Å². The van der Waals surface area contributed by atoms with Gasteiger partial charge in [0.25, 0.3) is 11.8 Å². The van der Waals surface area contributed by atoms with Crippen LogP contribution in [0.5, 0.6) is 0 Å². The van der Waals surface area contributed by atoms with Gasteiger partial charge in [-0.2, -0.15) is 0 Å². The highest BCUT2D eigenvalue weighted by molar-refractivity contribution is 7.13. The molecule has 3 aromatic rings. The van der Waals surface area contributed by atoms with Crippen LogP contribution in [0.25, 0.3) is 10.9 Å². The van der Waals surface area contributed by atoms with Gasteiger partial charge in [0.05, 0.1) is 10.7 Å². The van der Waals surface area contributed by atoms with Gasteiger partial charge < -0.3 is 15.2 Å². The van der Waals surface area contributed by atoms with Crippen LogP contribution in [0.4, 0.5) is 0 Å². The molecule has 1 aliphatic heterocycles. The van der Waals surface area contributed by atoms with E-state index < -0.39 is 0 Å². The molecule has 6 nitrogen and oxygen atoms in total. The van der Waals surface area contributed by atoms with E-state index in [1.54, 1.807) is 0 Å². The van der Waals surface area contributed by atoms with Crippen LogP contribution in [0.2, 0.25) is 0 Å². The minimum Gasteiger partial charge on any atom is -0.351 e. The summed E-state index contributed by atoms with van der Waals surface area (Å²) in [6.07, 6.45) is 3.32. The fraction of sp³-hybridized carbons (Fsp3) is 0.409. The number of likely N-dealkylation sites (tertiary alicyclic amines) is 1. The molecule has 29 heavy (non-hydrogen) atoms. The zero-order chi connectivity index (χ0) is 20.4. The van der Waals surface area contributed by atoms with Crippen molar-refractivity contribution < 1.29 is 9.59 Å². The number of nitrogens with one attached hydrogen (secondary N) is 2. The van der Waals surface area contributed by atoms with Crippen molar-refractivity contribution in [2.45, 2.75) is 45.6 Å². The van der Waals surface area contributed by atoms with Crippen LogP contribution in [0.15, 0.2) is 30.3 Å². The highest BCUT2D eigenvalue weighted by Crippen LogP contribution is 2.22. The number of carbonyl (C=O) groups is 2. The predicted octanol–water partition coefficient (Wildman–Crippen LogP) is 3.92. The Bertz CT molecular complexity index is 998. The second-order valence-corrected chi connectivity index (χ2v) is 8.77. The summed E-state index contributed by atoms with van der Waals surface area (Å²) in [6.45, 7) is 5.32. The van der Waals surface area contributed by atoms with E-state index in [0.717, 1.165) is 52.2 Å². The molecule has 0 aliphatic carbocycles. The van der Waals surface area contributed by atoms with E-state index >= 15 is 0 Å². The molecule has 1 aromatic carbocycles. The lowest BCUT2D eigenvalue weighted by Gasteiger charge is -2.32. The highest BCUT2D eigenvalue weighted by Gasteiger charge is 2.27. The number of benzene rings is 1. The van der Waals surface area contributed by atoms with Gasteiger partial charge in [0.15, 0.2) is 0 Å². The third-order valence-corrected chi connectivity index (χ3v) is 6.39. The van der Waals surface area contributed by atoms with E-state index in [2.05, 4.69) is 22.2 Å². The third kappa shape index (κ3) is 4.19. The second kappa shape index (κ2) is 8.37.